The summed E-state index contributed by atoms with van der Waals surface area (Å²) in [7, 11) is 1.99. The van der Waals surface area contributed by atoms with E-state index in [2.05, 4.69) is 24.1 Å². The standard InChI is InChI=1S/C17H31N3O2/c1-11(2)18-17(22)13-6-14-8-20(9-15(14)7-13)16(21)10-19(5)12(3)4/h11-15H,6-10H2,1-5H3,(H,18,22)/t13?,14-,15+. The lowest BCUT2D eigenvalue weighted by Gasteiger charge is -2.25. The lowest BCUT2D eigenvalue weighted by molar-refractivity contribution is -0.131. The summed E-state index contributed by atoms with van der Waals surface area (Å²) in [5.41, 5.74) is 0. The van der Waals surface area contributed by atoms with E-state index < -0.39 is 0 Å². The summed E-state index contributed by atoms with van der Waals surface area (Å²) in [5.74, 6) is 1.59. The molecule has 2 fully saturated rings. The first-order valence-corrected chi connectivity index (χ1v) is 8.56. The van der Waals surface area contributed by atoms with Crippen LogP contribution in [0.4, 0.5) is 0 Å². The van der Waals surface area contributed by atoms with Gasteiger partial charge in [0.15, 0.2) is 0 Å². The number of nitrogens with one attached hydrogen (secondary N) is 1. The van der Waals surface area contributed by atoms with Crippen molar-refractivity contribution in [3.63, 3.8) is 0 Å². The second kappa shape index (κ2) is 6.99. The summed E-state index contributed by atoms with van der Waals surface area (Å²) in [6.07, 6.45) is 1.88. The van der Waals surface area contributed by atoms with Crippen molar-refractivity contribution in [1.29, 1.82) is 0 Å². The number of carbonyl (C=O) groups excluding carboxylic acids is 2. The van der Waals surface area contributed by atoms with Crippen molar-refractivity contribution in [2.45, 2.75) is 52.6 Å². The van der Waals surface area contributed by atoms with Gasteiger partial charge in [-0.3, -0.25) is 14.5 Å². The lowest BCUT2D eigenvalue weighted by Crippen LogP contribution is -2.41. The maximum absolute atomic E-state index is 12.4. The van der Waals surface area contributed by atoms with Gasteiger partial charge in [0.25, 0.3) is 0 Å². The van der Waals surface area contributed by atoms with Crippen molar-refractivity contribution in [2.75, 3.05) is 26.7 Å². The predicted molar refractivity (Wildman–Crippen MR) is 87.3 cm³/mol. The fourth-order valence-corrected chi connectivity index (χ4v) is 3.62. The number of rotatable bonds is 5. The van der Waals surface area contributed by atoms with E-state index in [4.69, 9.17) is 0 Å². The maximum atomic E-state index is 12.4. The molecule has 22 heavy (non-hydrogen) atoms. The van der Waals surface area contributed by atoms with Gasteiger partial charge in [0.1, 0.15) is 0 Å². The third kappa shape index (κ3) is 4.00. The quantitative estimate of drug-likeness (QED) is 0.834. The normalized spacial score (nSPS) is 27.8. The van der Waals surface area contributed by atoms with Gasteiger partial charge in [0.2, 0.25) is 11.8 Å². The molecule has 2 rings (SSSR count). The molecule has 1 aliphatic heterocycles. The molecular formula is C17H31N3O2. The van der Waals surface area contributed by atoms with Crippen LogP contribution >= 0.6 is 0 Å². The molecule has 0 aromatic carbocycles. The average Bonchev–Trinajstić information content (AvgIpc) is 2.95. The van der Waals surface area contributed by atoms with Gasteiger partial charge in [-0.05, 0) is 59.4 Å². The molecule has 1 heterocycles. The number of carbonyl (C=O) groups is 2. The maximum Gasteiger partial charge on any atom is 0.236 e. The molecule has 1 saturated carbocycles. The van der Waals surface area contributed by atoms with Crippen LogP contribution in [0.1, 0.15) is 40.5 Å². The summed E-state index contributed by atoms with van der Waals surface area (Å²) in [6, 6.07) is 0.591. The van der Waals surface area contributed by atoms with Crippen LogP contribution in [0, 0.1) is 17.8 Å². The van der Waals surface area contributed by atoms with Crippen molar-refractivity contribution in [1.82, 2.24) is 15.1 Å². The van der Waals surface area contributed by atoms with E-state index in [-0.39, 0.29) is 23.8 Å². The van der Waals surface area contributed by atoms with Crippen LogP contribution in [0.5, 0.6) is 0 Å². The molecule has 0 aromatic rings. The smallest absolute Gasteiger partial charge is 0.236 e. The highest BCUT2D eigenvalue weighted by Gasteiger charge is 2.44. The van der Waals surface area contributed by atoms with Crippen molar-refractivity contribution in [2.24, 2.45) is 17.8 Å². The highest BCUT2D eigenvalue weighted by atomic mass is 16.2. The molecule has 0 bridgehead atoms. The van der Waals surface area contributed by atoms with Crippen LogP contribution in [0.2, 0.25) is 0 Å². The predicted octanol–water partition coefficient (Wildman–Crippen LogP) is 1.34. The zero-order valence-corrected chi connectivity index (χ0v) is 14.6. The first kappa shape index (κ1) is 17.3. The Morgan fingerprint density at radius 1 is 1.14 bits per heavy atom. The molecule has 2 amide bonds. The number of nitrogens with zero attached hydrogens (tertiary/aromatic N) is 2. The Bertz CT molecular complexity index is 408. The minimum atomic E-state index is 0.146. The summed E-state index contributed by atoms with van der Waals surface area (Å²) < 4.78 is 0. The molecule has 1 N–H and O–H groups in total. The summed E-state index contributed by atoms with van der Waals surface area (Å²) in [6.45, 7) is 10.4. The van der Waals surface area contributed by atoms with Crippen LogP contribution in [0.25, 0.3) is 0 Å². The van der Waals surface area contributed by atoms with Crippen LogP contribution in [-0.4, -0.2) is 60.4 Å². The average molecular weight is 309 g/mol. The molecule has 126 valence electrons. The molecule has 0 radical (unpaired) electrons. The highest BCUT2D eigenvalue weighted by Crippen LogP contribution is 2.41. The SMILES string of the molecule is CC(C)NC(=O)C1C[C@@H]2CN(C(=O)CN(C)C(C)C)C[C@@H]2C1. The summed E-state index contributed by atoms with van der Waals surface area (Å²) >= 11 is 0. The van der Waals surface area contributed by atoms with Gasteiger partial charge in [0.05, 0.1) is 6.54 Å². The highest BCUT2D eigenvalue weighted by molar-refractivity contribution is 5.80. The largest absolute Gasteiger partial charge is 0.354 e. The third-order valence-corrected chi connectivity index (χ3v) is 5.17. The van der Waals surface area contributed by atoms with Crippen molar-refractivity contribution < 1.29 is 9.59 Å². The fourth-order valence-electron chi connectivity index (χ4n) is 3.62. The van der Waals surface area contributed by atoms with E-state index in [0.717, 1.165) is 25.9 Å². The molecule has 1 aliphatic carbocycles. The number of hydrogen-bond acceptors (Lipinski definition) is 3. The zero-order valence-electron chi connectivity index (χ0n) is 14.6. The molecule has 0 aromatic heterocycles. The van der Waals surface area contributed by atoms with E-state index in [1.165, 1.54) is 0 Å². The van der Waals surface area contributed by atoms with Crippen LogP contribution < -0.4 is 5.32 Å². The van der Waals surface area contributed by atoms with Crippen molar-refractivity contribution in [3.8, 4) is 0 Å². The van der Waals surface area contributed by atoms with E-state index in [0.29, 0.717) is 24.4 Å². The van der Waals surface area contributed by atoms with Gasteiger partial charge in [-0.1, -0.05) is 0 Å². The monoisotopic (exact) mass is 309 g/mol. The van der Waals surface area contributed by atoms with Crippen molar-refractivity contribution >= 4 is 11.8 Å². The number of hydrogen-bond donors (Lipinski definition) is 1. The number of amides is 2. The lowest BCUT2D eigenvalue weighted by atomic mass is 10.0. The van der Waals surface area contributed by atoms with E-state index in [1.807, 2.05) is 25.8 Å². The Labute approximate surface area is 134 Å². The molecule has 3 atom stereocenters. The fraction of sp³-hybridized carbons (Fsp3) is 0.882. The molecular weight excluding hydrogens is 278 g/mol. The van der Waals surface area contributed by atoms with Gasteiger partial charge < -0.3 is 10.2 Å². The second-order valence-electron chi connectivity index (χ2n) is 7.66. The molecule has 5 nitrogen and oxygen atoms in total. The van der Waals surface area contributed by atoms with E-state index >= 15 is 0 Å². The van der Waals surface area contributed by atoms with Gasteiger partial charge in [-0.25, -0.2) is 0 Å². The van der Waals surface area contributed by atoms with Gasteiger partial charge >= 0.3 is 0 Å². The topological polar surface area (TPSA) is 52.7 Å². The number of fused-ring (bicyclic) bond motifs is 1. The van der Waals surface area contributed by atoms with Gasteiger partial charge in [-0.2, -0.15) is 0 Å². The molecule has 1 unspecified atom stereocenters. The van der Waals surface area contributed by atoms with Crippen LogP contribution in [-0.2, 0) is 9.59 Å². The first-order valence-electron chi connectivity index (χ1n) is 8.56. The Kier molecular flexibility index (Phi) is 5.48. The Morgan fingerprint density at radius 2 is 1.68 bits per heavy atom. The first-order chi connectivity index (χ1) is 10.3. The molecule has 2 aliphatic rings. The Morgan fingerprint density at radius 3 is 2.14 bits per heavy atom. The van der Waals surface area contributed by atoms with Gasteiger partial charge in [-0.15, -0.1) is 0 Å². The second-order valence-corrected chi connectivity index (χ2v) is 7.66. The minimum absolute atomic E-state index is 0.146. The van der Waals surface area contributed by atoms with Gasteiger partial charge in [0, 0.05) is 31.1 Å². The van der Waals surface area contributed by atoms with Crippen molar-refractivity contribution in [3.05, 3.63) is 0 Å². The zero-order chi connectivity index (χ0) is 16.4. The molecule has 5 heteroatoms. The Balaban J connectivity index is 1.82. The van der Waals surface area contributed by atoms with E-state index in [1.54, 1.807) is 0 Å². The van der Waals surface area contributed by atoms with Crippen LogP contribution in [0.15, 0.2) is 0 Å². The summed E-state index contributed by atoms with van der Waals surface area (Å²) in [5, 5.41) is 3.02. The Hall–Kier alpha value is -1.10. The number of likely N-dealkylation sites (N-methyl/N-ethyl adjacent to an activating group) is 1. The molecule has 1 saturated heterocycles. The number of likely N-dealkylation sites (tertiary alicyclic amines) is 1. The summed E-state index contributed by atoms with van der Waals surface area (Å²) in [4.78, 5) is 28.6. The third-order valence-electron chi connectivity index (χ3n) is 5.17. The molecule has 0 spiro atoms. The van der Waals surface area contributed by atoms with Crippen LogP contribution in [0.3, 0.4) is 0 Å². The van der Waals surface area contributed by atoms with E-state index in [9.17, 15) is 9.59 Å². The minimum Gasteiger partial charge on any atom is -0.354 e.